The first kappa shape index (κ1) is 17.8. The Bertz CT molecular complexity index is 726. The molecule has 0 aliphatic carbocycles. The molecule has 1 heterocycles. The standard InChI is InChI=1S/C16H16ClNO3S2/c1-9-10(2)23-15(14(9)16(20)21-3)18-13(19)8-22-12-6-4-11(17)5-7-12/h4-7H,8H2,1-3H3,(H,18,19). The molecular weight excluding hydrogens is 354 g/mol. The number of methoxy groups -OCH3 is 1. The molecule has 0 spiro atoms. The van der Waals surface area contributed by atoms with E-state index in [1.54, 1.807) is 12.1 Å². The highest BCUT2D eigenvalue weighted by atomic mass is 35.5. The number of nitrogens with one attached hydrogen (secondary N) is 1. The van der Waals surface area contributed by atoms with Crippen LogP contribution in [0.15, 0.2) is 29.2 Å². The highest BCUT2D eigenvalue weighted by Crippen LogP contribution is 2.33. The number of carbonyl (C=O) groups is 2. The van der Waals surface area contributed by atoms with E-state index >= 15 is 0 Å². The summed E-state index contributed by atoms with van der Waals surface area (Å²) in [5, 5.41) is 3.99. The van der Waals surface area contributed by atoms with Crippen LogP contribution in [0.5, 0.6) is 0 Å². The van der Waals surface area contributed by atoms with Crippen LogP contribution in [0, 0.1) is 13.8 Å². The van der Waals surface area contributed by atoms with Crippen LogP contribution in [-0.4, -0.2) is 24.7 Å². The Kier molecular flexibility index (Phi) is 6.10. The van der Waals surface area contributed by atoms with Gasteiger partial charge in [-0.1, -0.05) is 11.6 Å². The Balaban J connectivity index is 2.04. The van der Waals surface area contributed by atoms with Crippen molar-refractivity contribution in [3.63, 3.8) is 0 Å². The second kappa shape index (κ2) is 7.86. The maximum absolute atomic E-state index is 12.1. The quantitative estimate of drug-likeness (QED) is 0.621. The molecule has 2 rings (SSSR count). The highest BCUT2D eigenvalue weighted by Gasteiger charge is 2.21. The van der Waals surface area contributed by atoms with Crippen molar-refractivity contribution >= 4 is 51.6 Å². The number of halogens is 1. The van der Waals surface area contributed by atoms with Gasteiger partial charge in [0.25, 0.3) is 0 Å². The Hall–Kier alpha value is -1.50. The van der Waals surface area contributed by atoms with Crippen molar-refractivity contribution in [2.75, 3.05) is 18.2 Å². The van der Waals surface area contributed by atoms with Gasteiger partial charge in [0.15, 0.2) is 0 Å². The summed E-state index contributed by atoms with van der Waals surface area (Å²) in [5.74, 6) is -0.359. The van der Waals surface area contributed by atoms with Crippen LogP contribution in [-0.2, 0) is 9.53 Å². The minimum atomic E-state index is -0.437. The highest BCUT2D eigenvalue weighted by molar-refractivity contribution is 8.00. The van der Waals surface area contributed by atoms with E-state index in [0.717, 1.165) is 15.3 Å². The molecule has 0 radical (unpaired) electrons. The van der Waals surface area contributed by atoms with Crippen molar-refractivity contribution in [3.05, 3.63) is 45.3 Å². The molecule has 0 aliphatic rings. The Labute approximate surface area is 148 Å². The SMILES string of the molecule is COC(=O)c1c(NC(=O)CSc2ccc(Cl)cc2)sc(C)c1C. The molecule has 1 N–H and O–H groups in total. The van der Waals surface area contributed by atoms with Gasteiger partial charge < -0.3 is 10.1 Å². The summed E-state index contributed by atoms with van der Waals surface area (Å²) in [4.78, 5) is 25.9. The van der Waals surface area contributed by atoms with Crippen LogP contribution < -0.4 is 5.32 Å². The number of esters is 1. The number of benzene rings is 1. The number of rotatable bonds is 5. The summed E-state index contributed by atoms with van der Waals surface area (Å²) in [5.41, 5.74) is 1.27. The Morgan fingerprint density at radius 2 is 1.91 bits per heavy atom. The molecule has 1 aromatic carbocycles. The van der Waals surface area contributed by atoms with Gasteiger partial charge in [0, 0.05) is 14.8 Å². The number of aryl methyl sites for hydroxylation is 1. The summed E-state index contributed by atoms with van der Waals surface area (Å²) in [6.45, 7) is 3.75. The first-order valence-corrected chi connectivity index (χ1v) is 8.97. The third-order valence-electron chi connectivity index (χ3n) is 3.21. The van der Waals surface area contributed by atoms with Gasteiger partial charge in [-0.3, -0.25) is 4.79 Å². The summed E-state index contributed by atoms with van der Waals surface area (Å²) in [7, 11) is 1.33. The predicted octanol–water partition coefficient (Wildman–Crippen LogP) is 4.54. The van der Waals surface area contributed by atoms with Crippen LogP contribution in [0.25, 0.3) is 0 Å². The molecule has 1 aromatic heterocycles. The molecule has 122 valence electrons. The van der Waals surface area contributed by atoms with Crippen LogP contribution in [0.1, 0.15) is 20.8 Å². The first-order chi connectivity index (χ1) is 10.9. The summed E-state index contributed by atoms with van der Waals surface area (Å²) in [6.07, 6.45) is 0. The lowest BCUT2D eigenvalue weighted by atomic mass is 10.1. The van der Waals surface area contributed by atoms with Crippen LogP contribution in [0.2, 0.25) is 5.02 Å². The van der Waals surface area contributed by atoms with Crippen LogP contribution in [0.4, 0.5) is 5.00 Å². The fourth-order valence-corrected chi connectivity index (χ4v) is 3.79. The molecule has 4 nitrogen and oxygen atoms in total. The number of thiophene rings is 1. The average molecular weight is 370 g/mol. The van der Waals surface area contributed by atoms with E-state index in [1.165, 1.54) is 30.2 Å². The van der Waals surface area contributed by atoms with Crippen molar-refractivity contribution in [1.29, 1.82) is 0 Å². The zero-order valence-corrected chi connectivity index (χ0v) is 15.3. The van der Waals surface area contributed by atoms with Gasteiger partial charge in [0.1, 0.15) is 5.00 Å². The fraction of sp³-hybridized carbons (Fsp3) is 0.250. The number of anilines is 1. The molecule has 23 heavy (non-hydrogen) atoms. The molecule has 0 saturated carbocycles. The van der Waals surface area contributed by atoms with Gasteiger partial charge in [-0.2, -0.15) is 0 Å². The number of ether oxygens (including phenoxy) is 1. The minimum absolute atomic E-state index is 0.170. The lowest BCUT2D eigenvalue weighted by Gasteiger charge is -2.06. The number of carbonyl (C=O) groups excluding carboxylic acids is 2. The number of amides is 1. The zero-order chi connectivity index (χ0) is 17.0. The summed E-state index contributed by atoms with van der Waals surface area (Å²) < 4.78 is 4.79. The maximum Gasteiger partial charge on any atom is 0.341 e. The largest absolute Gasteiger partial charge is 0.465 e. The van der Waals surface area contributed by atoms with E-state index in [0.29, 0.717) is 15.6 Å². The molecule has 0 atom stereocenters. The van der Waals surface area contributed by atoms with Crippen molar-refractivity contribution in [1.82, 2.24) is 0 Å². The van der Waals surface area contributed by atoms with E-state index in [2.05, 4.69) is 5.32 Å². The topological polar surface area (TPSA) is 55.4 Å². The minimum Gasteiger partial charge on any atom is -0.465 e. The molecule has 0 unspecified atom stereocenters. The van der Waals surface area contributed by atoms with Crippen LogP contribution >= 0.6 is 34.7 Å². The second-order valence-corrected chi connectivity index (χ2v) is 7.48. The maximum atomic E-state index is 12.1. The molecule has 0 fully saturated rings. The number of thioether (sulfide) groups is 1. The molecule has 0 saturated heterocycles. The predicted molar refractivity (Wildman–Crippen MR) is 95.9 cm³/mol. The van der Waals surface area contributed by atoms with Crippen LogP contribution in [0.3, 0.4) is 0 Å². The smallest absolute Gasteiger partial charge is 0.341 e. The fourth-order valence-electron chi connectivity index (χ4n) is 1.91. The third-order valence-corrected chi connectivity index (χ3v) is 5.60. The van der Waals surface area contributed by atoms with E-state index in [9.17, 15) is 9.59 Å². The van der Waals surface area contributed by atoms with Gasteiger partial charge in [0.2, 0.25) is 5.91 Å². The monoisotopic (exact) mass is 369 g/mol. The molecule has 0 aliphatic heterocycles. The van der Waals surface area contributed by atoms with Gasteiger partial charge in [-0.25, -0.2) is 4.79 Å². The van der Waals surface area contributed by atoms with E-state index < -0.39 is 5.97 Å². The lowest BCUT2D eigenvalue weighted by Crippen LogP contribution is -2.16. The Morgan fingerprint density at radius 1 is 1.26 bits per heavy atom. The third kappa shape index (κ3) is 4.50. The normalized spacial score (nSPS) is 10.4. The molecule has 0 bridgehead atoms. The van der Waals surface area contributed by atoms with Crippen molar-refractivity contribution in [2.24, 2.45) is 0 Å². The van der Waals surface area contributed by atoms with Gasteiger partial charge in [-0.15, -0.1) is 23.1 Å². The van der Waals surface area contributed by atoms with Gasteiger partial charge in [-0.05, 0) is 43.7 Å². The zero-order valence-electron chi connectivity index (χ0n) is 12.9. The average Bonchev–Trinajstić information content (AvgIpc) is 2.80. The lowest BCUT2D eigenvalue weighted by molar-refractivity contribution is -0.113. The Morgan fingerprint density at radius 3 is 2.52 bits per heavy atom. The van der Waals surface area contributed by atoms with E-state index in [1.807, 2.05) is 26.0 Å². The molecule has 1 amide bonds. The number of hydrogen-bond acceptors (Lipinski definition) is 5. The molecule has 2 aromatic rings. The van der Waals surface area contributed by atoms with Crippen molar-refractivity contribution < 1.29 is 14.3 Å². The van der Waals surface area contributed by atoms with Crippen molar-refractivity contribution in [2.45, 2.75) is 18.7 Å². The van der Waals surface area contributed by atoms with Crippen molar-refractivity contribution in [3.8, 4) is 0 Å². The molecule has 7 heteroatoms. The van der Waals surface area contributed by atoms with E-state index in [-0.39, 0.29) is 11.7 Å². The summed E-state index contributed by atoms with van der Waals surface area (Å²) >= 11 is 8.61. The first-order valence-electron chi connectivity index (χ1n) is 6.79. The van der Waals surface area contributed by atoms with E-state index in [4.69, 9.17) is 16.3 Å². The summed E-state index contributed by atoms with van der Waals surface area (Å²) in [6, 6.07) is 7.28. The second-order valence-electron chi connectivity index (χ2n) is 4.77. The molecular formula is C16H16ClNO3S2. The number of hydrogen-bond donors (Lipinski definition) is 1. The van der Waals surface area contributed by atoms with Gasteiger partial charge >= 0.3 is 5.97 Å². The van der Waals surface area contributed by atoms with Gasteiger partial charge in [0.05, 0.1) is 18.4 Å².